The lowest BCUT2D eigenvalue weighted by Gasteiger charge is -2.19. The van der Waals surface area contributed by atoms with E-state index >= 15 is 0 Å². The highest BCUT2D eigenvalue weighted by molar-refractivity contribution is 5.30. The summed E-state index contributed by atoms with van der Waals surface area (Å²) >= 11 is 0. The van der Waals surface area contributed by atoms with E-state index < -0.39 is 0 Å². The summed E-state index contributed by atoms with van der Waals surface area (Å²) in [6.45, 7) is 0.754. The lowest BCUT2D eigenvalue weighted by molar-refractivity contribution is 0.0567. The summed E-state index contributed by atoms with van der Waals surface area (Å²) in [4.78, 5) is 10.4. The van der Waals surface area contributed by atoms with Crippen LogP contribution in [0.15, 0.2) is 35.3 Å². The van der Waals surface area contributed by atoms with Crippen LogP contribution in [0.5, 0.6) is 0 Å². The molecule has 18 heavy (non-hydrogen) atoms. The molecule has 2 rings (SSSR count). The van der Waals surface area contributed by atoms with Gasteiger partial charge >= 0.3 is 0 Å². The molecule has 0 aromatic heterocycles. The molecule has 100 valence electrons. The zero-order chi connectivity index (χ0) is 12.6. The number of nitrogens with two attached hydrogens (primary N) is 1. The van der Waals surface area contributed by atoms with Crippen LogP contribution in [0.3, 0.4) is 0 Å². The molecule has 2 bridgehead atoms. The van der Waals surface area contributed by atoms with Gasteiger partial charge < -0.3 is 4.84 Å². The quantitative estimate of drug-likeness (QED) is 0.555. The summed E-state index contributed by atoms with van der Waals surface area (Å²) < 4.78 is 0. The van der Waals surface area contributed by atoms with E-state index in [1.54, 1.807) is 0 Å². The van der Waals surface area contributed by atoms with E-state index in [2.05, 4.69) is 23.7 Å². The average Bonchev–Trinajstić information content (AvgIpc) is 2.42. The molecule has 0 spiro atoms. The molecule has 0 amide bonds. The molecule has 2 aliphatic rings. The molecule has 4 heteroatoms. The van der Waals surface area contributed by atoms with Gasteiger partial charge in [0.15, 0.2) is 0 Å². The molecule has 0 saturated heterocycles. The summed E-state index contributed by atoms with van der Waals surface area (Å²) in [6, 6.07) is 0. The molecule has 0 unspecified atom stereocenters. The van der Waals surface area contributed by atoms with Crippen molar-refractivity contribution in [3.05, 3.63) is 35.3 Å². The predicted molar refractivity (Wildman–Crippen MR) is 70.9 cm³/mol. The van der Waals surface area contributed by atoms with Crippen molar-refractivity contribution in [3.8, 4) is 0 Å². The maximum Gasteiger partial charge on any atom is 0.127 e. The lowest BCUT2D eigenvalue weighted by atomic mass is 9.98. The van der Waals surface area contributed by atoms with Crippen LogP contribution in [0.25, 0.3) is 0 Å². The molecule has 0 saturated carbocycles. The van der Waals surface area contributed by atoms with Crippen molar-refractivity contribution in [2.45, 2.75) is 44.9 Å². The Labute approximate surface area is 108 Å². The van der Waals surface area contributed by atoms with Crippen LogP contribution in [-0.4, -0.2) is 6.61 Å². The average molecular weight is 250 g/mol. The molecule has 1 heterocycles. The van der Waals surface area contributed by atoms with Gasteiger partial charge in [0.05, 0.1) is 6.61 Å². The summed E-state index contributed by atoms with van der Waals surface area (Å²) in [5.74, 6) is 6.23. The molecule has 0 aromatic rings. The Bertz CT molecular complexity index is 359. The van der Waals surface area contributed by atoms with Crippen molar-refractivity contribution in [1.29, 1.82) is 0 Å². The minimum absolute atomic E-state index is 0.754. The number of hydroxylamine groups is 1. The Morgan fingerprint density at radius 3 is 2.89 bits per heavy atom. The van der Waals surface area contributed by atoms with Crippen LogP contribution in [0.2, 0.25) is 0 Å². The van der Waals surface area contributed by atoms with Crippen molar-refractivity contribution >= 4 is 0 Å². The molecule has 3 N–H and O–H groups in total. The topological polar surface area (TPSA) is 56.5 Å². The van der Waals surface area contributed by atoms with Gasteiger partial charge in [-0.1, -0.05) is 12.2 Å². The van der Waals surface area contributed by atoms with Gasteiger partial charge in [-0.15, -0.1) is 0 Å². The third-order valence-electron chi connectivity index (χ3n) is 3.29. The van der Waals surface area contributed by atoms with Gasteiger partial charge in [0.1, 0.15) is 5.76 Å². The Morgan fingerprint density at radius 1 is 1.11 bits per heavy atom. The molecule has 0 radical (unpaired) electrons. The largest absolute Gasteiger partial charge is 0.416 e. The van der Waals surface area contributed by atoms with Gasteiger partial charge in [0.25, 0.3) is 0 Å². The van der Waals surface area contributed by atoms with Gasteiger partial charge in [-0.3, -0.25) is 10.3 Å². The second-order valence-corrected chi connectivity index (χ2v) is 4.69. The van der Waals surface area contributed by atoms with Crippen molar-refractivity contribution in [3.63, 3.8) is 0 Å². The highest BCUT2D eigenvalue weighted by Crippen LogP contribution is 2.26. The van der Waals surface area contributed by atoms with E-state index in [1.807, 2.05) is 0 Å². The fraction of sp³-hybridized carbons (Fsp3) is 0.571. The minimum Gasteiger partial charge on any atom is -0.416 e. The molecular weight excluding hydrogens is 228 g/mol. The number of fused-ring (bicyclic) bond motifs is 1. The van der Waals surface area contributed by atoms with E-state index in [-0.39, 0.29) is 0 Å². The highest BCUT2D eigenvalue weighted by Gasteiger charge is 2.14. The maximum atomic E-state index is 5.46. The van der Waals surface area contributed by atoms with Gasteiger partial charge in [-0.25, -0.2) is 0 Å². The molecule has 0 aromatic carbocycles. The molecule has 0 fully saturated rings. The van der Waals surface area contributed by atoms with Crippen LogP contribution in [0.1, 0.15) is 44.9 Å². The van der Waals surface area contributed by atoms with Gasteiger partial charge in [0.2, 0.25) is 0 Å². The minimum atomic E-state index is 0.754. The summed E-state index contributed by atoms with van der Waals surface area (Å²) in [5, 5.41) is 0. The number of hydrogen-bond donors (Lipinski definition) is 2. The number of rotatable bonds is 1. The SMILES string of the molecule is NOC1=C2C=C(CC1)NOCCCCC=CCC2. The third-order valence-corrected chi connectivity index (χ3v) is 3.29. The number of allylic oxidation sites excluding steroid dienone is 6. The number of nitrogens with one attached hydrogen (secondary N) is 1. The second-order valence-electron chi connectivity index (χ2n) is 4.69. The third kappa shape index (κ3) is 3.89. The summed E-state index contributed by atoms with van der Waals surface area (Å²) in [6.07, 6.45) is 13.7. The predicted octanol–water partition coefficient (Wildman–Crippen LogP) is 2.85. The highest BCUT2D eigenvalue weighted by atomic mass is 16.6. The van der Waals surface area contributed by atoms with E-state index in [0.717, 1.165) is 56.6 Å². The standard InChI is InChI=1S/C14H22N2O2/c15-18-14-9-8-13-11-12(14)7-5-3-1-2-4-6-10-17-16-13/h1,3,11,16H,2,4-10,15H2. The lowest BCUT2D eigenvalue weighted by Crippen LogP contribution is -2.18. The fourth-order valence-corrected chi connectivity index (χ4v) is 2.25. The number of hydrogen-bond acceptors (Lipinski definition) is 4. The van der Waals surface area contributed by atoms with Crippen molar-refractivity contribution in [2.75, 3.05) is 6.61 Å². The van der Waals surface area contributed by atoms with Gasteiger partial charge in [-0.05, 0) is 50.2 Å². The molecule has 1 aliphatic carbocycles. The first-order chi connectivity index (χ1) is 8.90. The van der Waals surface area contributed by atoms with E-state index in [0.29, 0.717) is 0 Å². The van der Waals surface area contributed by atoms with E-state index in [4.69, 9.17) is 15.6 Å². The van der Waals surface area contributed by atoms with Crippen LogP contribution in [-0.2, 0) is 9.68 Å². The van der Waals surface area contributed by atoms with Crippen LogP contribution >= 0.6 is 0 Å². The van der Waals surface area contributed by atoms with Gasteiger partial charge in [0, 0.05) is 12.1 Å². The monoisotopic (exact) mass is 250 g/mol. The fourth-order valence-electron chi connectivity index (χ4n) is 2.25. The van der Waals surface area contributed by atoms with Crippen LogP contribution < -0.4 is 11.4 Å². The van der Waals surface area contributed by atoms with E-state index in [1.165, 1.54) is 12.0 Å². The first-order valence-electron chi connectivity index (χ1n) is 6.72. The summed E-state index contributed by atoms with van der Waals surface area (Å²) in [7, 11) is 0. The zero-order valence-electron chi connectivity index (χ0n) is 10.8. The zero-order valence-corrected chi connectivity index (χ0v) is 10.8. The van der Waals surface area contributed by atoms with Crippen LogP contribution in [0, 0.1) is 0 Å². The van der Waals surface area contributed by atoms with Crippen molar-refractivity contribution in [2.24, 2.45) is 5.90 Å². The molecule has 1 aliphatic heterocycles. The molecular formula is C14H22N2O2. The van der Waals surface area contributed by atoms with Crippen molar-refractivity contribution < 1.29 is 9.68 Å². The smallest absolute Gasteiger partial charge is 0.127 e. The van der Waals surface area contributed by atoms with Crippen LogP contribution in [0.4, 0.5) is 0 Å². The molecule has 0 atom stereocenters. The Balaban J connectivity index is 2.06. The molecule has 4 nitrogen and oxygen atoms in total. The van der Waals surface area contributed by atoms with Gasteiger partial charge in [-0.2, -0.15) is 5.90 Å². The van der Waals surface area contributed by atoms with Crippen molar-refractivity contribution in [1.82, 2.24) is 5.48 Å². The Hall–Kier alpha value is -1.26. The second kappa shape index (κ2) is 7.24. The Morgan fingerprint density at radius 2 is 2.00 bits per heavy atom. The first-order valence-corrected chi connectivity index (χ1v) is 6.72. The maximum absolute atomic E-state index is 5.46. The normalized spacial score (nSPS) is 22.2. The Kier molecular flexibility index (Phi) is 5.30. The van der Waals surface area contributed by atoms with E-state index in [9.17, 15) is 0 Å². The summed E-state index contributed by atoms with van der Waals surface area (Å²) in [5.41, 5.74) is 5.34. The first kappa shape index (κ1) is 13.2.